The Bertz CT molecular complexity index is 1100. The molecular formula is C24H28N2O2. The van der Waals surface area contributed by atoms with Crippen LogP contribution in [0.3, 0.4) is 0 Å². The van der Waals surface area contributed by atoms with Crippen molar-refractivity contribution in [3.63, 3.8) is 0 Å². The van der Waals surface area contributed by atoms with Crippen molar-refractivity contribution in [3.05, 3.63) is 74.6 Å². The highest BCUT2D eigenvalue weighted by Gasteiger charge is 2.24. The normalized spacial score (nSPS) is 12.2. The first-order valence-electron chi connectivity index (χ1n) is 9.74. The highest BCUT2D eigenvalue weighted by atomic mass is 16.2. The van der Waals surface area contributed by atoms with Crippen molar-refractivity contribution in [1.29, 1.82) is 0 Å². The van der Waals surface area contributed by atoms with Gasteiger partial charge in [0.05, 0.1) is 5.52 Å². The monoisotopic (exact) mass is 376 g/mol. The number of carbonyl (C=O) groups is 1. The first-order valence-corrected chi connectivity index (χ1v) is 9.74. The minimum Gasteiger partial charge on any atom is -0.324 e. The number of pyridine rings is 1. The molecule has 1 atom stereocenters. The summed E-state index contributed by atoms with van der Waals surface area (Å²) in [4.78, 5) is 26.2. The molecule has 0 saturated heterocycles. The molecule has 146 valence electrons. The summed E-state index contributed by atoms with van der Waals surface area (Å²) in [7, 11) is 0. The molecule has 0 aliphatic heterocycles. The lowest BCUT2D eigenvalue weighted by molar-refractivity contribution is -0.119. The molecule has 3 aromatic rings. The Morgan fingerprint density at radius 3 is 2.21 bits per heavy atom. The Kier molecular flexibility index (Phi) is 5.41. The molecule has 4 nitrogen and oxygen atoms in total. The van der Waals surface area contributed by atoms with Crippen LogP contribution in [0, 0.1) is 34.6 Å². The van der Waals surface area contributed by atoms with Crippen LogP contribution in [-0.4, -0.2) is 10.5 Å². The molecule has 2 aromatic carbocycles. The summed E-state index contributed by atoms with van der Waals surface area (Å²) in [6.45, 7) is 11.9. The number of nitrogens with zero attached hydrogens (tertiary/aromatic N) is 1. The zero-order valence-corrected chi connectivity index (χ0v) is 17.5. The van der Waals surface area contributed by atoms with Gasteiger partial charge in [0.2, 0.25) is 5.91 Å². The highest BCUT2D eigenvalue weighted by Crippen LogP contribution is 2.27. The maximum Gasteiger partial charge on any atom is 0.252 e. The fourth-order valence-electron chi connectivity index (χ4n) is 4.12. The van der Waals surface area contributed by atoms with Gasteiger partial charge in [0, 0.05) is 17.1 Å². The first kappa shape index (κ1) is 19.9. The number of benzene rings is 2. The van der Waals surface area contributed by atoms with Gasteiger partial charge in [-0.05, 0) is 63.3 Å². The number of anilines is 1. The number of rotatable bonds is 4. The maximum atomic E-state index is 13.3. The van der Waals surface area contributed by atoms with E-state index in [1.54, 1.807) is 10.6 Å². The molecule has 0 saturated carbocycles. The number of nitrogens with one attached hydrogen (secondary N) is 1. The minimum absolute atomic E-state index is 0.140. The highest BCUT2D eigenvalue weighted by molar-refractivity contribution is 5.96. The van der Waals surface area contributed by atoms with Crippen molar-refractivity contribution in [1.82, 2.24) is 4.57 Å². The third-order valence-electron chi connectivity index (χ3n) is 5.41. The van der Waals surface area contributed by atoms with Gasteiger partial charge in [-0.3, -0.25) is 14.2 Å². The van der Waals surface area contributed by atoms with Gasteiger partial charge in [-0.15, -0.1) is 0 Å². The predicted octanol–water partition coefficient (Wildman–Crippen LogP) is 5.13. The zero-order chi connectivity index (χ0) is 20.6. The van der Waals surface area contributed by atoms with Crippen LogP contribution in [0.15, 0.2) is 41.2 Å². The van der Waals surface area contributed by atoms with Crippen LogP contribution in [0.2, 0.25) is 0 Å². The van der Waals surface area contributed by atoms with E-state index in [-0.39, 0.29) is 11.5 Å². The largest absolute Gasteiger partial charge is 0.324 e. The second-order valence-electron chi connectivity index (χ2n) is 7.69. The van der Waals surface area contributed by atoms with Gasteiger partial charge in [0.15, 0.2) is 0 Å². The molecule has 0 radical (unpaired) electrons. The Balaban J connectivity index is 2.13. The van der Waals surface area contributed by atoms with Crippen LogP contribution in [0.4, 0.5) is 5.69 Å². The van der Waals surface area contributed by atoms with Gasteiger partial charge in [-0.2, -0.15) is 0 Å². The van der Waals surface area contributed by atoms with Crippen LogP contribution in [0.5, 0.6) is 0 Å². The lowest BCUT2D eigenvalue weighted by Crippen LogP contribution is -2.34. The summed E-state index contributed by atoms with van der Waals surface area (Å²) in [5, 5.41) is 4.09. The molecule has 4 heteroatoms. The molecule has 1 unspecified atom stereocenters. The van der Waals surface area contributed by atoms with Crippen LogP contribution < -0.4 is 10.9 Å². The number of fused-ring (bicyclic) bond motifs is 1. The quantitative estimate of drug-likeness (QED) is 0.686. The van der Waals surface area contributed by atoms with Crippen molar-refractivity contribution < 1.29 is 4.79 Å². The molecule has 28 heavy (non-hydrogen) atoms. The van der Waals surface area contributed by atoms with E-state index in [0.29, 0.717) is 6.42 Å². The van der Waals surface area contributed by atoms with E-state index in [9.17, 15) is 9.59 Å². The van der Waals surface area contributed by atoms with Crippen molar-refractivity contribution in [2.24, 2.45) is 0 Å². The maximum absolute atomic E-state index is 13.3. The number of amides is 1. The van der Waals surface area contributed by atoms with Gasteiger partial charge in [-0.25, -0.2) is 0 Å². The van der Waals surface area contributed by atoms with Gasteiger partial charge in [0.1, 0.15) is 6.04 Å². The average molecular weight is 377 g/mol. The van der Waals surface area contributed by atoms with Crippen LogP contribution >= 0.6 is 0 Å². The third-order valence-corrected chi connectivity index (χ3v) is 5.41. The lowest BCUT2D eigenvalue weighted by Gasteiger charge is -2.23. The zero-order valence-electron chi connectivity index (χ0n) is 17.5. The SMILES string of the molecule is CCC(C(=O)Nc1c(C)cc(C)cc1C)n1c(=O)cc(C)c2cccc(C)c21. The molecule has 0 aliphatic rings. The summed E-state index contributed by atoms with van der Waals surface area (Å²) in [6, 6.07) is 11.1. The van der Waals surface area contributed by atoms with Crippen molar-refractivity contribution in [3.8, 4) is 0 Å². The number of carbonyl (C=O) groups excluding carboxylic acids is 1. The van der Waals surface area contributed by atoms with Gasteiger partial charge < -0.3 is 5.32 Å². The molecule has 3 rings (SSSR count). The molecular weight excluding hydrogens is 348 g/mol. The van der Waals surface area contributed by atoms with E-state index in [4.69, 9.17) is 0 Å². The molecule has 1 aromatic heterocycles. The predicted molar refractivity (Wildman–Crippen MR) is 116 cm³/mol. The van der Waals surface area contributed by atoms with E-state index >= 15 is 0 Å². The molecule has 0 aliphatic carbocycles. The number of para-hydroxylation sites is 1. The number of aromatic nitrogens is 1. The fraction of sp³-hybridized carbons (Fsp3) is 0.333. The standard InChI is InChI=1S/C24H28N2O2/c1-7-20(24(28)25-22-17(5)11-14(2)12-18(22)6)26-21(27)13-16(4)19-10-8-9-15(3)23(19)26/h8-13,20H,7H2,1-6H3,(H,25,28). The third kappa shape index (κ3) is 3.47. The smallest absolute Gasteiger partial charge is 0.252 e. The van der Waals surface area contributed by atoms with Crippen LogP contribution in [0.1, 0.15) is 47.2 Å². The molecule has 1 amide bonds. The van der Waals surface area contributed by atoms with Gasteiger partial charge in [0.25, 0.3) is 5.56 Å². The summed E-state index contributed by atoms with van der Waals surface area (Å²) in [5.74, 6) is -0.159. The Hall–Kier alpha value is -2.88. The molecule has 0 bridgehead atoms. The minimum atomic E-state index is -0.572. The number of aryl methyl sites for hydroxylation is 5. The Morgan fingerprint density at radius 2 is 1.61 bits per heavy atom. The Labute approximate surface area is 166 Å². The second-order valence-corrected chi connectivity index (χ2v) is 7.69. The van der Waals surface area contributed by atoms with Crippen molar-refractivity contribution >= 4 is 22.5 Å². The molecule has 1 N–H and O–H groups in total. The summed E-state index contributed by atoms with van der Waals surface area (Å²) < 4.78 is 1.66. The second kappa shape index (κ2) is 7.63. The van der Waals surface area contributed by atoms with E-state index in [1.165, 1.54) is 0 Å². The summed E-state index contributed by atoms with van der Waals surface area (Å²) in [5.41, 5.74) is 6.67. The fourth-order valence-corrected chi connectivity index (χ4v) is 4.12. The summed E-state index contributed by atoms with van der Waals surface area (Å²) >= 11 is 0. The molecule has 0 spiro atoms. The van der Waals surface area contributed by atoms with Crippen molar-refractivity contribution in [2.75, 3.05) is 5.32 Å². The van der Waals surface area contributed by atoms with E-state index in [2.05, 4.69) is 17.4 Å². The first-order chi connectivity index (χ1) is 13.2. The van der Waals surface area contributed by atoms with Crippen molar-refractivity contribution in [2.45, 2.75) is 54.0 Å². The Morgan fingerprint density at radius 1 is 0.964 bits per heavy atom. The average Bonchev–Trinajstić information content (AvgIpc) is 2.61. The van der Waals surface area contributed by atoms with Gasteiger partial charge in [-0.1, -0.05) is 42.8 Å². The molecule has 1 heterocycles. The van der Waals surface area contributed by atoms with Crippen LogP contribution in [0.25, 0.3) is 10.9 Å². The van der Waals surface area contributed by atoms with E-state index in [0.717, 1.165) is 44.4 Å². The number of hydrogen-bond acceptors (Lipinski definition) is 2. The topological polar surface area (TPSA) is 51.1 Å². The van der Waals surface area contributed by atoms with E-state index < -0.39 is 6.04 Å². The lowest BCUT2D eigenvalue weighted by atomic mass is 10.0. The van der Waals surface area contributed by atoms with E-state index in [1.807, 2.05) is 59.7 Å². The molecule has 0 fully saturated rings. The number of hydrogen-bond donors (Lipinski definition) is 1. The van der Waals surface area contributed by atoms with Gasteiger partial charge >= 0.3 is 0 Å². The summed E-state index contributed by atoms with van der Waals surface area (Å²) in [6.07, 6.45) is 0.530. The van der Waals surface area contributed by atoms with Crippen LogP contribution in [-0.2, 0) is 4.79 Å².